The van der Waals surface area contributed by atoms with Crippen LogP contribution in [0.2, 0.25) is 0 Å². The van der Waals surface area contributed by atoms with Gasteiger partial charge in [-0.2, -0.15) is 0 Å². The fraction of sp³-hybridized carbons (Fsp3) is 0.182. The number of thioether (sulfide) groups is 1. The van der Waals surface area contributed by atoms with Crippen LogP contribution in [0.3, 0.4) is 0 Å². The lowest BCUT2D eigenvalue weighted by Gasteiger charge is -2.10. The fourth-order valence-electron chi connectivity index (χ4n) is 3.05. The Balaban J connectivity index is 1.60. The van der Waals surface area contributed by atoms with Gasteiger partial charge in [0.1, 0.15) is 12.1 Å². The molecule has 1 aromatic carbocycles. The molecule has 146 valence electrons. The van der Waals surface area contributed by atoms with Crippen LogP contribution < -0.4 is 5.56 Å². The number of furan rings is 1. The molecule has 0 unspecified atom stereocenters. The number of aryl methyl sites for hydroxylation is 2. The number of hydrogen-bond acceptors (Lipinski definition) is 6. The molecule has 0 radical (unpaired) electrons. The van der Waals surface area contributed by atoms with Gasteiger partial charge in [-0.1, -0.05) is 42.1 Å². The van der Waals surface area contributed by atoms with Gasteiger partial charge < -0.3 is 9.40 Å². The van der Waals surface area contributed by atoms with Crippen molar-refractivity contribution in [1.29, 1.82) is 0 Å². The molecule has 4 aromatic rings. The number of H-pyrrole nitrogens is 1. The van der Waals surface area contributed by atoms with Crippen LogP contribution in [0, 0.1) is 0 Å². The topological polar surface area (TPSA) is 84.7 Å². The summed E-state index contributed by atoms with van der Waals surface area (Å²) in [6, 6.07) is 14.0. The SMILES string of the molecule is O=c1[nH]c(SCc2ccco2)nc(CCc2ccccc2)c1Cc1cncnc1. The maximum atomic E-state index is 12.9. The van der Waals surface area contributed by atoms with E-state index in [-0.39, 0.29) is 5.56 Å². The normalized spacial score (nSPS) is 10.9. The number of aromatic nitrogens is 4. The van der Waals surface area contributed by atoms with Crippen LogP contribution in [0.4, 0.5) is 0 Å². The first-order chi connectivity index (χ1) is 14.3. The second-order valence-electron chi connectivity index (χ2n) is 6.57. The maximum absolute atomic E-state index is 12.9. The molecule has 0 aliphatic rings. The predicted molar refractivity (Wildman–Crippen MR) is 112 cm³/mol. The van der Waals surface area contributed by atoms with E-state index >= 15 is 0 Å². The van der Waals surface area contributed by atoms with Crippen LogP contribution in [-0.2, 0) is 25.0 Å². The Morgan fingerprint density at radius 2 is 1.79 bits per heavy atom. The lowest BCUT2D eigenvalue weighted by atomic mass is 10.0. The quantitative estimate of drug-likeness (QED) is 0.355. The summed E-state index contributed by atoms with van der Waals surface area (Å²) in [5, 5.41) is 0.600. The number of benzene rings is 1. The molecular weight excluding hydrogens is 384 g/mol. The van der Waals surface area contributed by atoms with E-state index in [4.69, 9.17) is 9.40 Å². The van der Waals surface area contributed by atoms with Gasteiger partial charge in [0.15, 0.2) is 5.16 Å². The molecule has 1 N–H and O–H groups in total. The summed E-state index contributed by atoms with van der Waals surface area (Å²) in [4.78, 5) is 28.6. The lowest BCUT2D eigenvalue weighted by molar-refractivity contribution is 0.530. The van der Waals surface area contributed by atoms with Crippen LogP contribution in [0.5, 0.6) is 0 Å². The number of hydrogen-bond donors (Lipinski definition) is 1. The third-order valence-corrected chi connectivity index (χ3v) is 5.39. The Morgan fingerprint density at radius 3 is 2.55 bits per heavy atom. The van der Waals surface area contributed by atoms with Crippen molar-refractivity contribution >= 4 is 11.8 Å². The van der Waals surface area contributed by atoms with E-state index in [0.717, 1.165) is 23.4 Å². The van der Waals surface area contributed by atoms with Gasteiger partial charge in [0.05, 0.1) is 17.7 Å². The van der Waals surface area contributed by atoms with Crippen molar-refractivity contribution in [3.05, 3.63) is 106 Å². The lowest BCUT2D eigenvalue weighted by Crippen LogP contribution is -2.20. The van der Waals surface area contributed by atoms with Crippen molar-refractivity contribution in [2.45, 2.75) is 30.2 Å². The van der Waals surface area contributed by atoms with Gasteiger partial charge in [0, 0.05) is 24.4 Å². The molecule has 0 saturated heterocycles. The van der Waals surface area contributed by atoms with Crippen LogP contribution in [0.15, 0.2) is 81.8 Å². The molecule has 3 heterocycles. The molecule has 3 aromatic heterocycles. The molecule has 0 aliphatic heterocycles. The third kappa shape index (κ3) is 5.20. The highest BCUT2D eigenvalue weighted by molar-refractivity contribution is 7.98. The molecule has 0 bridgehead atoms. The minimum atomic E-state index is -0.117. The summed E-state index contributed by atoms with van der Waals surface area (Å²) in [5.74, 6) is 1.45. The molecular formula is C22H20N4O2S. The predicted octanol–water partition coefficient (Wildman–Crippen LogP) is 3.82. The summed E-state index contributed by atoms with van der Waals surface area (Å²) in [6.07, 6.45) is 8.54. The van der Waals surface area contributed by atoms with Crippen LogP contribution in [0.25, 0.3) is 0 Å². The zero-order chi connectivity index (χ0) is 19.9. The molecule has 0 atom stereocenters. The average molecular weight is 404 g/mol. The first kappa shape index (κ1) is 19.1. The van der Waals surface area contributed by atoms with Crippen LogP contribution >= 0.6 is 11.8 Å². The Bertz CT molecular complexity index is 1100. The zero-order valence-electron chi connectivity index (χ0n) is 15.7. The monoisotopic (exact) mass is 404 g/mol. The van der Waals surface area contributed by atoms with Crippen molar-refractivity contribution in [2.75, 3.05) is 0 Å². The largest absolute Gasteiger partial charge is 0.468 e. The van der Waals surface area contributed by atoms with Crippen LogP contribution in [0.1, 0.15) is 28.1 Å². The van der Waals surface area contributed by atoms with Crippen molar-refractivity contribution in [1.82, 2.24) is 19.9 Å². The van der Waals surface area contributed by atoms with Gasteiger partial charge in [-0.3, -0.25) is 4.79 Å². The summed E-state index contributed by atoms with van der Waals surface area (Å²) in [5.41, 5.74) is 3.46. The van der Waals surface area contributed by atoms with E-state index in [9.17, 15) is 4.79 Å². The Hall–Kier alpha value is -3.19. The van der Waals surface area contributed by atoms with Gasteiger partial charge >= 0.3 is 0 Å². The van der Waals surface area contributed by atoms with Crippen molar-refractivity contribution in [3.8, 4) is 0 Å². The standard InChI is InChI=1S/C22H20N4O2S/c27-21-19(11-17-12-23-15-24-13-17)20(9-8-16-5-2-1-3-6-16)25-22(26-21)29-14-18-7-4-10-28-18/h1-7,10,12-13,15H,8-9,11,14H2,(H,25,26,27). The minimum absolute atomic E-state index is 0.117. The average Bonchev–Trinajstić information content (AvgIpc) is 3.28. The van der Waals surface area contributed by atoms with Gasteiger partial charge in [-0.15, -0.1) is 0 Å². The maximum Gasteiger partial charge on any atom is 0.255 e. The molecule has 0 saturated carbocycles. The van der Waals surface area contributed by atoms with Crippen LogP contribution in [-0.4, -0.2) is 19.9 Å². The molecule has 29 heavy (non-hydrogen) atoms. The summed E-state index contributed by atoms with van der Waals surface area (Å²) in [6.45, 7) is 0. The summed E-state index contributed by atoms with van der Waals surface area (Å²) >= 11 is 1.46. The molecule has 4 rings (SSSR count). The van der Waals surface area contributed by atoms with E-state index in [1.165, 1.54) is 23.7 Å². The van der Waals surface area contributed by atoms with Gasteiger partial charge in [0.25, 0.3) is 5.56 Å². The van der Waals surface area contributed by atoms with Gasteiger partial charge in [-0.05, 0) is 36.1 Å². The smallest absolute Gasteiger partial charge is 0.255 e. The third-order valence-electron chi connectivity index (χ3n) is 4.50. The molecule has 7 heteroatoms. The molecule has 0 aliphatic carbocycles. The highest BCUT2D eigenvalue weighted by Crippen LogP contribution is 2.20. The van der Waals surface area contributed by atoms with E-state index in [1.807, 2.05) is 30.3 Å². The highest BCUT2D eigenvalue weighted by atomic mass is 32.2. The van der Waals surface area contributed by atoms with E-state index in [1.54, 1.807) is 18.7 Å². The Morgan fingerprint density at radius 1 is 0.966 bits per heavy atom. The molecule has 0 fully saturated rings. The zero-order valence-corrected chi connectivity index (χ0v) is 16.6. The minimum Gasteiger partial charge on any atom is -0.468 e. The second-order valence-corrected chi connectivity index (χ2v) is 7.54. The molecule has 0 spiro atoms. The Kier molecular flexibility index (Phi) is 6.16. The van der Waals surface area contributed by atoms with Gasteiger partial charge in [0.2, 0.25) is 0 Å². The second kappa shape index (κ2) is 9.34. The number of nitrogens with zero attached hydrogens (tertiary/aromatic N) is 3. The van der Waals surface area contributed by atoms with Crippen molar-refractivity contribution in [3.63, 3.8) is 0 Å². The highest BCUT2D eigenvalue weighted by Gasteiger charge is 2.14. The van der Waals surface area contributed by atoms with E-state index < -0.39 is 0 Å². The molecule has 6 nitrogen and oxygen atoms in total. The summed E-state index contributed by atoms with van der Waals surface area (Å²) < 4.78 is 5.37. The van der Waals surface area contributed by atoms with Gasteiger partial charge in [-0.25, -0.2) is 15.0 Å². The fourth-order valence-corrected chi connectivity index (χ4v) is 3.83. The van der Waals surface area contributed by atoms with Crippen molar-refractivity contribution in [2.24, 2.45) is 0 Å². The summed E-state index contributed by atoms with van der Waals surface area (Å²) in [7, 11) is 0. The first-order valence-electron chi connectivity index (χ1n) is 9.33. The van der Waals surface area contributed by atoms with E-state index in [0.29, 0.717) is 29.3 Å². The first-order valence-corrected chi connectivity index (χ1v) is 10.3. The number of aromatic amines is 1. The number of rotatable bonds is 8. The Labute approximate surface area is 172 Å². The van der Waals surface area contributed by atoms with Crippen molar-refractivity contribution < 1.29 is 4.42 Å². The number of nitrogens with one attached hydrogen (secondary N) is 1. The molecule has 0 amide bonds. The van der Waals surface area contributed by atoms with E-state index in [2.05, 4.69) is 27.1 Å².